The number of amides is 2. The smallest absolute Gasteiger partial charge is 0.320 e. The van der Waals surface area contributed by atoms with Crippen LogP contribution in [0, 0.1) is 0 Å². The fourth-order valence-corrected chi connectivity index (χ4v) is 2.50. The predicted molar refractivity (Wildman–Crippen MR) is 66.6 cm³/mol. The Morgan fingerprint density at radius 1 is 1.25 bits per heavy atom. The Labute approximate surface area is 99.2 Å². The Hall–Kier alpha value is -0.770. The minimum Gasteiger partial charge on any atom is -0.331 e. The molecule has 94 valence electrons. The van der Waals surface area contributed by atoms with E-state index in [1.54, 1.807) is 4.90 Å². The summed E-state index contributed by atoms with van der Waals surface area (Å²) in [6.07, 6.45) is 1.20. The van der Waals surface area contributed by atoms with Crippen LogP contribution in [0.5, 0.6) is 0 Å². The number of nitrogens with zero attached hydrogens (tertiary/aromatic N) is 3. The summed E-state index contributed by atoms with van der Waals surface area (Å²) < 4.78 is 0. The molecule has 3 aliphatic heterocycles. The van der Waals surface area contributed by atoms with Crippen LogP contribution in [0.3, 0.4) is 0 Å². The molecule has 2 atom stereocenters. The van der Waals surface area contributed by atoms with Crippen molar-refractivity contribution in [3.63, 3.8) is 0 Å². The van der Waals surface area contributed by atoms with E-state index in [0.29, 0.717) is 12.1 Å². The van der Waals surface area contributed by atoms with E-state index in [2.05, 4.69) is 11.8 Å². The lowest BCUT2D eigenvalue weighted by atomic mass is 9.88. The molecule has 3 aliphatic rings. The van der Waals surface area contributed by atoms with Gasteiger partial charge in [-0.05, 0) is 13.0 Å². The predicted octanol–water partition coefficient (Wildman–Crippen LogP) is 1.47. The lowest BCUT2D eigenvalue weighted by Crippen LogP contribution is -2.71. The van der Waals surface area contributed by atoms with Gasteiger partial charge in [-0.15, -0.1) is 0 Å². The van der Waals surface area contributed by atoms with Gasteiger partial charge in [-0.1, -0.05) is 20.8 Å². The Bertz CT molecular complexity index is 230. The zero-order chi connectivity index (χ0) is 12.3. The second-order valence-corrected chi connectivity index (χ2v) is 4.48. The highest BCUT2D eigenvalue weighted by molar-refractivity contribution is 5.75. The normalized spacial score (nSPS) is 27.7. The average molecular weight is 227 g/mol. The van der Waals surface area contributed by atoms with Crippen LogP contribution < -0.4 is 0 Å². The highest BCUT2D eigenvalue weighted by Crippen LogP contribution is 2.32. The largest absolute Gasteiger partial charge is 0.331 e. The molecule has 16 heavy (non-hydrogen) atoms. The number of piperazine rings is 1. The van der Waals surface area contributed by atoms with Crippen LogP contribution >= 0.6 is 0 Å². The summed E-state index contributed by atoms with van der Waals surface area (Å²) in [7, 11) is 3.65. The van der Waals surface area contributed by atoms with E-state index in [0.717, 1.165) is 19.6 Å². The monoisotopic (exact) mass is 227 g/mol. The Morgan fingerprint density at radius 3 is 2.12 bits per heavy atom. The fraction of sp³-hybridized carbons (Fsp3) is 0.917. The fourth-order valence-electron chi connectivity index (χ4n) is 2.50. The maximum absolute atomic E-state index is 11.8. The maximum Gasteiger partial charge on any atom is 0.320 e. The number of likely N-dealkylation sites (N-methyl/N-ethyl adjacent to an activating group) is 1. The van der Waals surface area contributed by atoms with Gasteiger partial charge in [0.1, 0.15) is 0 Å². The lowest BCUT2D eigenvalue weighted by Gasteiger charge is -2.56. The summed E-state index contributed by atoms with van der Waals surface area (Å²) in [5.41, 5.74) is 0. The molecule has 4 nitrogen and oxygen atoms in total. The van der Waals surface area contributed by atoms with Gasteiger partial charge in [0.05, 0.1) is 0 Å². The van der Waals surface area contributed by atoms with Crippen molar-refractivity contribution >= 4 is 6.03 Å². The van der Waals surface area contributed by atoms with Crippen molar-refractivity contribution in [2.45, 2.75) is 39.3 Å². The van der Waals surface area contributed by atoms with Crippen LogP contribution in [0.2, 0.25) is 0 Å². The quantitative estimate of drug-likeness (QED) is 0.678. The molecule has 0 aromatic rings. The van der Waals surface area contributed by atoms with Gasteiger partial charge in [0.15, 0.2) is 0 Å². The van der Waals surface area contributed by atoms with Crippen molar-refractivity contribution in [2.75, 3.05) is 33.7 Å². The molecular weight excluding hydrogens is 202 g/mol. The van der Waals surface area contributed by atoms with Crippen molar-refractivity contribution in [3.8, 4) is 0 Å². The first-order valence-electron chi connectivity index (χ1n) is 6.35. The summed E-state index contributed by atoms with van der Waals surface area (Å²) in [5, 5.41) is 0. The van der Waals surface area contributed by atoms with E-state index in [1.807, 2.05) is 32.8 Å². The number of hydrogen-bond acceptors (Lipinski definition) is 2. The molecule has 2 bridgehead atoms. The third kappa shape index (κ3) is 2.32. The van der Waals surface area contributed by atoms with Crippen LogP contribution in [0.4, 0.5) is 4.79 Å². The SMILES string of the molecule is CC.CCN1CC2CC(C1)N2C(=O)N(C)C. The van der Waals surface area contributed by atoms with Crippen LogP contribution in [0.1, 0.15) is 27.2 Å². The minimum atomic E-state index is 0.182. The van der Waals surface area contributed by atoms with Crippen LogP contribution in [0.25, 0.3) is 0 Å². The van der Waals surface area contributed by atoms with E-state index in [1.165, 1.54) is 6.42 Å². The third-order valence-electron chi connectivity index (χ3n) is 3.32. The molecule has 3 rings (SSSR count). The van der Waals surface area contributed by atoms with E-state index in [-0.39, 0.29) is 6.03 Å². The zero-order valence-electron chi connectivity index (χ0n) is 11.2. The summed E-state index contributed by atoms with van der Waals surface area (Å²) >= 11 is 0. The first-order chi connectivity index (χ1) is 7.63. The molecule has 0 aromatic carbocycles. The van der Waals surface area contributed by atoms with E-state index in [4.69, 9.17) is 0 Å². The summed E-state index contributed by atoms with van der Waals surface area (Å²) in [6.45, 7) is 9.42. The molecule has 2 amide bonds. The van der Waals surface area contributed by atoms with E-state index < -0.39 is 0 Å². The molecular formula is C12H25N3O. The Morgan fingerprint density at radius 2 is 1.75 bits per heavy atom. The summed E-state index contributed by atoms with van der Waals surface area (Å²) in [6, 6.07) is 1.13. The number of carbonyl (C=O) groups is 1. The van der Waals surface area contributed by atoms with E-state index >= 15 is 0 Å². The van der Waals surface area contributed by atoms with Crippen molar-refractivity contribution in [1.29, 1.82) is 0 Å². The van der Waals surface area contributed by atoms with Gasteiger partial charge < -0.3 is 9.80 Å². The molecule has 3 fully saturated rings. The summed E-state index contributed by atoms with van der Waals surface area (Å²) in [4.78, 5) is 17.9. The molecule has 0 radical (unpaired) electrons. The number of hydrogen-bond donors (Lipinski definition) is 0. The molecule has 0 aliphatic carbocycles. The molecule has 0 saturated carbocycles. The van der Waals surface area contributed by atoms with Gasteiger partial charge in [-0.25, -0.2) is 4.79 Å². The van der Waals surface area contributed by atoms with Gasteiger partial charge >= 0.3 is 6.03 Å². The van der Waals surface area contributed by atoms with Crippen LogP contribution in [0.15, 0.2) is 0 Å². The number of urea groups is 1. The maximum atomic E-state index is 11.8. The molecule has 0 N–H and O–H groups in total. The van der Waals surface area contributed by atoms with Gasteiger partial charge in [0, 0.05) is 39.3 Å². The molecule has 3 heterocycles. The van der Waals surface area contributed by atoms with Crippen LogP contribution in [-0.4, -0.2) is 66.5 Å². The molecule has 3 saturated heterocycles. The van der Waals surface area contributed by atoms with Crippen molar-refractivity contribution in [2.24, 2.45) is 0 Å². The standard InChI is InChI=1S/C10H19N3O.C2H6/c1-4-12-6-8-5-9(7-12)13(8)10(14)11(2)3;1-2/h8-9H,4-7H2,1-3H3;1-2H3. The average Bonchev–Trinajstić information content (AvgIpc) is 2.31. The minimum absolute atomic E-state index is 0.182. The van der Waals surface area contributed by atoms with Crippen LogP contribution in [-0.2, 0) is 0 Å². The first kappa shape index (κ1) is 13.3. The van der Waals surface area contributed by atoms with E-state index in [9.17, 15) is 4.79 Å². The van der Waals surface area contributed by atoms with Crippen molar-refractivity contribution in [3.05, 3.63) is 0 Å². The molecule has 4 heteroatoms. The van der Waals surface area contributed by atoms with Gasteiger partial charge in [0.25, 0.3) is 0 Å². The number of rotatable bonds is 1. The van der Waals surface area contributed by atoms with Crippen molar-refractivity contribution in [1.82, 2.24) is 14.7 Å². The lowest BCUT2D eigenvalue weighted by molar-refractivity contribution is -0.0410. The third-order valence-corrected chi connectivity index (χ3v) is 3.32. The molecule has 0 aromatic heterocycles. The molecule has 2 unspecified atom stereocenters. The summed E-state index contributed by atoms with van der Waals surface area (Å²) in [5.74, 6) is 0. The zero-order valence-corrected chi connectivity index (χ0v) is 11.2. The number of fused-ring (bicyclic) bond motifs is 2. The Kier molecular flexibility index (Phi) is 4.59. The van der Waals surface area contributed by atoms with Gasteiger partial charge in [-0.3, -0.25) is 4.90 Å². The molecule has 0 spiro atoms. The second-order valence-electron chi connectivity index (χ2n) is 4.48. The second kappa shape index (κ2) is 5.53. The Balaban J connectivity index is 0.000000606. The number of carbonyl (C=O) groups excluding carboxylic acids is 1. The van der Waals surface area contributed by atoms with Gasteiger partial charge in [0.2, 0.25) is 0 Å². The first-order valence-corrected chi connectivity index (χ1v) is 6.35. The number of piperidine rings is 1. The topological polar surface area (TPSA) is 26.8 Å². The highest BCUT2D eigenvalue weighted by atomic mass is 16.2. The highest BCUT2D eigenvalue weighted by Gasteiger charge is 2.47. The van der Waals surface area contributed by atoms with Crippen molar-refractivity contribution < 1.29 is 4.79 Å². The van der Waals surface area contributed by atoms with Gasteiger partial charge in [-0.2, -0.15) is 0 Å².